The fourth-order valence-corrected chi connectivity index (χ4v) is 2.44. The summed E-state index contributed by atoms with van der Waals surface area (Å²) < 4.78 is 13.8. The van der Waals surface area contributed by atoms with E-state index in [4.69, 9.17) is 11.6 Å². The third-order valence-electron chi connectivity index (χ3n) is 3.42. The zero-order chi connectivity index (χ0) is 14.7. The summed E-state index contributed by atoms with van der Waals surface area (Å²) in [6.45, 7) is 1.91. The Kier molecular flexibility index (Phi) is 4.40. The number of hydrogen-bond acceptors (Lipinski definition) is 2. The third kappa shape index (κ3) is 2.83. The molecule has 0 saturated carbocycles. The lowest BCUT2D eigenvalue weighted by molar-refractivity contribution is 0.112. The zero-order valence-electron chi connectivity index (χ0n) is 11.3. The summed E-state index contributed by atoms with van der Waals surface area (Å²) >= 11 is 6.18. The molecule has 0 fully saturated rings. The quantitative estimate of drug-likeness (QED) is 0.774. The first-order valence-corrected chi connectivity index (χ1v) is 6.64. The second kappa shape index (κ2) is 6.06. The van der Waals surface area contributed by atoms with Crippen LogP contribution in [0.2, 0.25) is 5.02 Å². The van der Waals surface area contributed by atoms with Gasteiger partial charge in [-0.1, -0.05) is 29.8 Å². The predicted octanol–water partition coefficient (Wildman–Crippen LogP) is 4.49. The molecule has 2 nitrogen and oxygen atoms in total. The topological polar surface area (TPSA) is 20.3 Å². The van der Waals surface area contributed by atoms with Crippen LogP contribution < -0.4 is 4.90 Å². The number of hydrogen-bond donors (Lipinski definition) is 0. The van der Waals surface area contributed by atoms with E-state index in [1.807, 2.05) is 18.9 Å². The van der Waals surface area contributed by atoms with E-state index in [-0.39, 0.29) is 11.9 Å². The second-order valence-corrected chi connectivity index (χ2v) is 5.04. The van der Waals surface area contributed by atoms with Gasteiger partial charge in [0.25, 0.3) is 0 Å². The van der Waals surface area contributed by atoms with Gasteiger partial charge < -0.3 is 4.90 Å². The molecule has 0 aromatic heterocycles. The molecule has 0 saturated heterocycles. The molecule has 1 atom stereocenters. The molecule has 0 aliphatic carbocycles. The van der Waals surface area contributed by atoms with Gasteiger partial charge in [-0.15, -0.1) is 0 Å². The first-order valence-electron chi connectivity index (χ1n) is 6.26. The lowest BCUT2D eigenvalue weighted by atomic mass is 10.1. The van der Waals surface area contributed by atoms with Gasteiger partial charge in [-0.05, 0) is 31.2 Å². The van der Waals surface area contributed by atoms with Gasteiger partial charge in [0.05, 0.1) is 16.8 Å². The maximum Gasteiger partial charge on any atom is 0.150 e. The maximum absolute atomic E-state index is 13.8. The number of aldehydes is 1. The Balaban J connectivity index is 2.34. The molecule has 0 spiro atoms. The van der Waals surface area contributed by atoms with Crippen LogP contribution in [0.25, 0.3) is 0 Å². The van der Waals surface area contributed by atoms with Crippen LogP contribution in [-0.2, 0) is 0 Å². The van der Waals surface area contributed by atoms with Gasteiger partial charge >= 0.3 is 0 Å². The summed E-state index contributed by atoms with van der Waals surface area (Å²) in [4.78, 5) is 12.6. The van der Waals surface area contributed by atoms with E-state index in [9.17, 15) is 9.18 Å². The predicted molar refractivity (Wildman–Crippen MR) is 80.1 cm³/mol. The normalized spacial score (nSPS) is 12.0. The van der Waals surface area contributed by atoms with Crippen molar-refractivity contribution in [1.82, 2.24) is 0 Å². The average molecular weight is 292 g/mol. The van der Waals surface area contributed by atoms with Crippen molar-refractivity contribution in [3.05, 3.63) is 64.4 Å². The molecule has 2 aromatic carbocycles. The van der Waals surface area contributed by atoms with Gasteiger partial charge in [0.15, 0.2) is 0 Å². The van der Waals surface area contributed by atoms with Crippen LogP contribution in [-0.4, -0.2) is 13.3 Å². The fourth-order valence-electron chi connectivity index (χ4n) is 2.11. The van der Waals surface area contributed by atoms with E-state index < -0.39 is 0 Å². The smallest absolute Gasteiger partial charge is 0.150 e. The largest absolute Gasteiger partial charge is 0.367 e. The minimum absolute atomic E-state index is 0.171. The van der Waals surface area contributed by atoms with Crippen LogP contribution in [0.5, 0.6) is 0 Å². The fraction of sp³-hybridized carbons (Fsp3) is 0.188. The number of benzene rings is 2. The Morgan fingerprint density at radius 3 is 2.55 bits per heavy atom. The van der Waals surface area contributed by atoms with E-state index in [0.29, 0.717) is 16.1 Å². The number of anilines is 1. The van der Waals surface area contributed by atoms with E-state index in [0.717, 1.165) is 12.0 Å². The van der Waals surface area contributed by atoms with Crippen LogP contribution in [0.4, 0.5) is 10.1 Å². The number of carbonyl (C=O) groups is 1. The number of rotatable bonds is 4. The molecule has 1 unspecified atom stereocenters. The SMILES string of the molecule is CC(c1ccccc1F)N(C)c1ccc(C=O)cc1Cl. The van der Waals surface area contributed by atoms with Gasteiger partial charge in [0, 0.05) is 18.2 Å². The Bertz CT molecular complexity index is 630. The highest BCUT2D eigenvalue weighted by Crippen LogP contribution is 2.32. The molecule has 4 heteroatoms. The van der Waals surface area contributed by atoms with E-state index in [2.05, 4.69) is 0 Å². The summed E-state index contributed by atoms with van der Waals surface area (Å²) in [5.74, 6) is -0.243. The second-order valence-electron chi connectivity index (χ2n) is 4.64. The highest BCUT2D eigenvalue weighted by Gasteiger charge is 2.17. The highest BCUT2D eigenvalue weighted by atomic mass is 35.5. The minimum atomic E-state index is -0.243. The first kappa shape index (κ1) is 14.5. The Labute approximate surface area is 122 Å². The van der Waals surface area contributed by atoms with Gasteiger partial charge in [0.2, 0.25) is 0 Å². The molecule has 20 heavy (non-hydrogen) atoms. The molecule has 0 bridgehead atoms. The molecular formula is C16H15ClFNO. The number of carbonyl (C=O) groups excluding carboxylic acids is 1. The van der Waals surface area contributed by atoms with Gasteiger partial charge in [-0.25, -0.2) is 4.39 Å². The molecule has 2 aromatic rings. The van der Waals surface area contributed by atoms with Crippen molar-refractivity contribution >= 4 is 23.6 Å². The Morgan fingerprint density at radius 1 is 1.25 bits per heavy atom. The first-order chi connectivity index (χ1) is 9.54. The summed E-state index contributed by atoms with van der Waals surface area (Å²) in [5, 5.41) is 0.472. The molecular weight excluding hydrogens is 277 g/mol. The van der Waals surface area contributed by atoms with Crippen molar-refractivity contribution in [3.63, 3.8) is 0 Å². The molecule has 0 aliphatic rings. The molecule has 2 rings (SSSR count). The zero-order valence-corrected chi connectivity index (χ0v) is 12.1. The van der Waals surface area contributed by atoms with Crippen molar-refractivity contribution in [2.45, 2.75) is 13.0 Å². The minimum Gasteiger partial charge on any atom is -0.367 e. The number of halogens is 2. The van der Waals surface area contributed by atoms with E-state index in [1.165, 1.54) is 6.07 Å². The monoisotopic (exact) mass is 291 g/mol. The lowest BCUT2D eigenvalue weighted by Gasteiger charge is -2.28. The van der Waals surface area contributed by atoms with Crippen molar-refractivity contribution in [3.8, 4) is 0 Å². The van der Waals surface area contributed by atoms with Crippen LogP contribution in [0, 0.1) is 5.82 Å². The van der Waals surface area contributed by atoms with Crippen LogP contribution >= 0.6 is 11.6 Å². The van der Waals surface area contributed by atoms with Crippen molar-refractivity contribution in [2.75, 3.05) is 11.9 Å². The third-order valence-corrected chi connectivity index (χ3v) is 3.73. The van der Waals surface area contributed by atoms with Gasteiger partial charge in [-0.3, -0.25) is 4.79 Å². The van der Waals surface area contributed by atoms with Crippen molar-refractivity contribution in [1.29, 1.82) is 0 Å². The standard InChI is InChI=1S/C16H15ClFNO/c1-11(13-5-3-4-6-15(13)18)19(2)16-8-7-12(10-20)9-14(16)17/h3-11H,1-2H3. The Morgan fingerprint density at radius 2 is 1.95 bits per heavy atom. The summed E-state index contributed by atoms with van der Waals surface area (Å²) in [7, 11) is 1.85. The van der Waals surface area contributed by atoms with Crippen molar-refractivity contribution < 1.29 is 9.18 Å². The van der Waals surface area contributed by atoms with Gasteiger partial charge in [0.1, 0.15) is 12.1 Å². The molecule has 0 N–H and O–H groups in total. The van der Waals surface area contributed by atoms with Crippen LogP contribution in [0.3, 0.4) is 0 Å². The molecule has 0 heterocycles. The number of nitrogens with zero attached hydrogens (tertiary/aromatic N) is 1. The summed E-state index contributed by atoms with van der Waals surface area (Å²) in [6.07, 6.45) is 0.746. The highest BCUT2D eigenvalue weighted by molar-refractivity contribution is 6.33. The maximum atomic E-state index is 13.8. The summed E-state index contributed by atoms with van der Waals surface area (Å²) in [5.41, 5.74) is 1.88. The van der Waals surface area contributed by atoms with E-state index >= 15 is 0 Å². The lowest BCUT2D eigenvalue weighted by Crippen LogP contribution is -2.22. The van der Waals surface area contributed by atoms with Crippen LogP contribution in [0.1, 0.15) is 28.9 Å². The molecule has 0 radical (unpaired) electrons. The molecule has 104 valence electrons. The molecule has 0 aliphatic heterocycles. The molecule has 0 amide bonds. The van der Waals surface area contributed by atoms with Crippen molar-refractivity contribution in [2.24, 2.45) is 0 Å². The summed E-state index contributed by atoms with van der Waals surface area (Å²) in [6, 6.07) is 11.6. The average Bonchev–Trinajstić information content (AvgIpc) is 2.46. The van der Waals surface area contributed by atoms with Gasteiger partial charge in [-0.2, -0.15) is 0 Å². The van der Waals surface area contributed by atoms with Crippen LogP contribution in [0.15, 0.2) is 42.5 Å². The van der Waals surface area contributed by atoms with E-state index in [1.54, 1.807) is 36.4 Å². The Hall–Kier alpha value is -1.87.